The van der Waals surface area contributed by atoms with Crippen LogP contribution in [-0.4, -0.2) is 29.2 Å². The minimum absolute atomic E-state index is 0.0579. The SMILES string of the molecule is O=C(NC1CCCc2occc21)[C@@H]1CC[C@H](C(=O)O)O1. The van der Waals surface area contributed by atoms with Gasteiger partial charge in [0.1, 0.15) is 11.9 Å². The molecule has 0 aromatic carbocycles. The van der Waals surface area contributed by atoms with Gasteiger partial charge in [0.2, 0.25) is 5.91 Å². The van der Waals surface area contributed by atoms with Crippen LogP contribution in [0, 0.1) is 0 Å². The lowest BCUT2D eigenvalue weighted by Gasteiger charge is -2.24. The molecule has 20 heavy (non-hydrogen) atoms. The van der Waals surface area contributed by atoms with Gasteiger partial charge in [-0.15, -0.1) is 0 Å². The third-order valence-electron chi connectivity index (χ3n) is 3.96. The molecule has 2 aliphatic rings. The van der Waals surface area contributed by atoms with Crippen molar-refractivity contribution in [3.05, 3.63) is 23.7 Å². The number of carbonyl (C=O) groups is 2. The smallest absolute Gasteiger partial charge is 0.332 e. The number of nitrogens with one attached hydrogen (secondary N) is 1. The van der Waals surface area contributed by atoms with E-state index >= 15 is 0 Å². The Kier molecular flexibility index (Phi) is 3.48. The Labute approximate surface area is 116 Å². The molecule has 0 saturated carbocycles. The van der Waals surface area contributed by atoms with Gasteiger partial charge in [-0.05, 0) is 31.7 Å². The van der Waals surface area contributed by atoms with Crippen LogP contribution in [0.4, 0.5) is 0 Å². The van der Waals surface area contributed by atoms with Crippen molar-refractivity contribution in [3.63, 3.8) is 0 Å². The largest absolute Gasteiger partial charge is 0.479 e. The number of carbonyl (C=O) groups excluding carboxylic acids is 1. The molecule has 3 atom stereocenters. The van der Waals surface area contributed by atoms with Gasteiger partial charge in [-0.1, -0.05) is 0 Å². The zero-order valence-corrected chi connectivity index (χ0v) is 11.0. The Morgan fingerprint density at radius 2 is 2.05 bits per heavy atom. The first-order valence-corrected chi connectivity index (χ1v) is 6.90. The van der Waals surface area contributed by atoms with E-state index in [1.165, 1.54) is 0 Å². The summed E-state index contributed by atoms with van der Waals surface area (Å²) in [5.41, 5.74) is 1.03. The highest BCUT2D eigenvalue weighted by molar-refractivity contribution is 5.83. The van der Waals surface area contributed by atoms with E-state index in [4.69, 9.17) is 14.3 Å². The Morgan fingerprint density at radius 3 is 2.80 bits per heavy atom. The predicted molar refractivity (Wildman–Crippen MR) is 68.1 cm³/mol. The summed E-state index contributed by atoms with van der Waals surface area (Å²) in [6, 6.07) is 1.83. The van der Waals surface area contributed by atoms with Crippen molar-refractivity contribution in [2.45, 2.75) is 50.4 Å². The zero-order valence-electron chi connectivity index (χ0n) is 11.0. The average Bonchev–Trinajstić information content (AvgIpc) is 3.08. The summed E-state index contributed by atoms with van der Waals surface area (Å²) < 4.78 is 10.6. The molecule has 1 saturated heterocycles. The Balaban J connectivity index is 1.62. The van der Waals surface area contributed by atoms with Gasteiger partial charge in [-0.25, -0.2) is 4.79 Å². The highest BCUT2D eigenvalue weighted by Gasteiger charge is 2.36. The number of ether oxygens (including phenoxy) is 1. The predicted octanol–water partition coefficient (Wildman–Crippen LogP) is 1.41. The van der Waals surface area contributed by atoms with Crippen molar-refractivity contribution in [2.24, 2.45) is 0 Å². The normalized spacial score (nSPS) is 28.9. The van der Waals surface area contributed by atoms with Crippen molar-refractivity contribution in [3.8, 4) is 0 Å². The Bertz CT molecular complexity index is 523. The van der Waals surface area contributed by atoms with Gasteiger partial charge in [0.05, 0.1) is 12.3 Å². The fourth-order valence-electron chi connectivity index (χ4n) is 2.91. The molecular formula is C14H17NO5. The fraction of sp³-hybridized carbons (Fsp3) is 0.571. The standard InChI is InChI=1S/C14H17NO5/c16-13(11-4-5-12(20-11)14(17)18)15-9-2-1-3-10-8(9)6-7-19-10/h6-7,9,11-12H,1-5H2,(H,15,16)(H,17,18)/t9?,11-,12+/m0/s1. The van der Waals surface area contributed by atoms with Gasteiger partial charge in [0.15, 0.2) is 6.10 Å². The van der Waals surface area contributed by atoms with E-state index in [0.717, 1.165) is 30.6 Å². The molecule has 3 rings (SSSR count). The lowest BCUT2D eigenvalue weighted by Crippen LogP contribution is -2.38. The van der Waals surface area contributed by atoms with E-state index in [0.29, 0.717) is 12.8 Å². The van der Waals surface area contributed by atoms with Gasteiger partial charge in [-0.3, -0.25) is 4.79 Å². The van der Waals surface area contributed by atoms with Crippen molar-refractivity contribution < 1.29 is 23.8 Å². The number of hydrogen-bond acceptors (Lipinski definition) is 4. The van der Waals surface area contributed by atoms with Crippen LogP contribution in [0.1, 0.15) is 43.0 Å². The first-order valence-electron chi connectivity index (χ1n) is 6.90. The van der Waals surface area contributed by atoms with E-state index in [9.17, 15) is 9.59 Å². The summed E-state index contributed by atoms with van der Waals surface area (Å²) in [7, 11) is 0. The number of furan rings is 1. The number of rotatable bonds is 3. The molecule has 1 fully saturated rings. The first kappa shape index (κ1) is 13.2. The maximum Gasteiger partial charge on any atom is 0.332 e. The van der Waals surface area contributed by atoms with Gasteiger partial charge < -0.3 is 19.6 Å². The quantitative estimate of drug-likeness (QED) is 0.873. The van der Waals surface area contributed by atoms with Gasteiger partial charge in [-0.2, -0.15) is 0 Å². The van der Waals surface area contributed by atoms with Gasteiger partial charge in [0.25, 0.3) is 0 Å². The van der Waals surface area contributed by atoms with Crippen LogP contribution in [0.2, 0.25) is 0 Å². The second-order valence-corrected chi connectivity index (χ2v) is 5.28. The van der Waals surface area contributed by atoms with Crippen LogP contribution in [0.15, 0.2) is 16.7 Å². The third kappa shape index (κ3) is 2.43. The summed E-state index contributed by atoms with van der Waals surface area (Å²) in [6.07, 6.45) is 3.69. The van der Waals surface area contributed by atoms with E-state index in [1.807, 2.05) is 6.07 Å². The number of carboxylic acids is 1. The number of aliphatic carboxylic acids is 1. The molecule has 0 spiro atoms. The van der Waals surface area contributed by atoms with Crippen molar-refractivity contribution in [1.82, 2.24) is 5.32 Å². The zero-order chi connectivity index (χ0) is 14.1. The molecule has 0 bridgehead atoms. The maximum absolute atomic E-state index is 12.2. The van der Waals surface area contributed by atoms with Crippen LogP contribution >= 0.6 is 0 Å². The molecule has 2 N–H and O–H groups in total. The molecule has 1 aromatic rings. The number of amides is 1. The van der Waals surface area contributed by atoms with Crippen molar-refractivity contribution in [1.29, 1.82) is 0 Å². The molecule has 1 amide bonds. The minimum Gasteiger partial charge on any atom is -0.479 e. The van der Waals surface area contributed by atoms with E-state index in [1.54, 1.807) is 6.26 Å². The van der Waals surface area contributed by atoms with E-state index in [-0.39, 0.29) is 11.9 Å². The molecule has 108 valence electrons. The summed E-state index contributed by atoms with van der Waals surface area (Å²) in [6.45, 7) is 0. The molecule has 1 aliphatic carbocycles. The highest BCUT2D eigenvalue weighted by atomic mass is 16.5. The van der Waals surface area contributed by atoms with E-state index in [2.05, 4.69) is 5.32 Å². The lowest BCUT2D eigenvalue weighted by molar-refractivity contribution is -0.151. The fourth-order valence-corrected chi connectivity index (χ4v) is 2.91. The van der Waals surface area contributed by atoms with E-state index < -0.39 is 18.2 Å². The summed E-state index contributed by atoms with van der Waals surface area (Å²) >= 11 is 0. The molecular weight excluding hydrogens is 262 g/mol. The lowest BCUT2D eigenvalue weighted by atomic mass is 9.93. The Morgan fingerprint density at radius 1 is 1.25 bits per heavy atom. The number of hydrogen-bond donors (Lipinski definition) is 2. The monoisotopic (exact) mass is 279 g/mol. The second kappa shape index (κ2) is 5.28. The molecule has 6 nitrogen and oxygen atoms in total. The molecule has 1 aliphatic heterocycles. The van der Waals surface area contributed by atoms with Gasteiger partial charge >= 0.3 is 5.97 Å². The number of fused-ring (bicyclic) bond motifs is 1. The highest BCUT2D eigenvalue weighted by Crippen LogP contribution is 2.31. The summed E-state index contributed by atoms with van der Waals surface area (Å²) in [5, 5.41) is 11.8. The topological polar surface area (TPSA) is 88.8 Å². The van der Waals surface area contributed by atoms with Gasteiger partial charge in [0, 0.05) is 12.0 Å². The maximum atomic E-state index is 12.2. The molecule has 1 aromatic heterocycles. The Hall–Kier alpha value is -1.82. The molecule has 0 radical (unpaired) electrons. The number of carboxylic acid groups (broad SMARTS) is 1. The van der Waals surface area contributed by atoms with Crippen molar-refractivity contribution in [2.75, 3.05) is 0 Å². The molecule has 1 unspecified atom stereocenters. The molecule has 6 heteroatoms. The average molecular weight is 279 g/mol. The summed E-state index contributed by atoms with van der Waals surface area (Å²) in [4.78, 5) is 23.0. The summed E-state index contributed by atoms with van der Waals surface area (Å²) in [5.74, 6) is -0.305. The van der Waals surface area contributed by atoms with Crippen LogP contribution in [0.3, 0.4) is 0 Å². The first-order chi connectivity index (χ1) is 9.65. The number of aryl methyl sites for hydroxylation is 1. The molecule has 2 heterocycles. The van der Waals surface area contributed by atoms with Crippen molar-refractivity contribution >= 4 is 11.9 Å². The third-order valence-corrected chi connectivity index (χ3v) is 3.96. The minimum atomic E-state index is -1.00. The van der Waals surface area contributed by atoms with Crippen LogP contribution in [-0.2, 0) is 20.7 Å². The van der Waals surface area contributed by atoms with Crippen LogP contribution in [0.25, 0.3) is 0 Å². The van der Waals surface area contributed by atoms with Crippen LogP contribution < -0.4 is 5.32 Å². The second-order valence-electron chi connectivity index (χ2n) is 5.28. The van der Waals surface area contributed by atoms with Crippen LogP contribution in [0.5, 0.6) is 0 Å².